The number of aromatic hydroxyl groups is 1. The summed E-state index contributed by atoms with van der Waals surface area (Å²) in [5.74, 6) is 0.897. The molecule has 0 saturated heterocycles. The number of hydrogen-bond donors (Lipinski definition) is 1. The lowest BCUT2D eigenvalue weighted by molar-refractivity contribution is -0.143. The third-order valence-corrected chi connectivity index (χ3v) is 4.31. The Morgan fingerprint density at radius 1 is 1.50 bits per heavy atom. The summed E-state index contributed by atoms with van der Waals surface area (Å²) in [4.78, 5) is 12.9. The lowest BCUT2D eigenvalue weighted by Crippen LogP contribution is -2.14. The third-order valence-electron chi connectivity index (χ3n) is 3.23. The van der Waals surface area contributed by atoms with Crippen LogP contribution in [-0.4, -0.2) is 28.0 Å². The van der Waals surface area contributed by atoms with Gasteiger partial charge in [0.1, 0.15) is 12.3 Å². The first kappa shape index (κ1) is 13.1. The first-order valence-corrected chi connectivity index (χ1v) is 7.49. The molecule has 5 heteroatoms. The Morgan fingerprint density at radius 3 is 3.15 bits per heavy atom. The molecule has 2 aromatic rings. The van der Waals surface area contributed by atoms with E-state index in [1.807, 2.05) is 16.7 Å². The van der Waals surface area contributed by atoms with Crippen LogP contribution in [0.1, 0.15) is 12.6 Å². The molecule has 1 aliphatic rings. The highest BCUT2D eigenvalue weighted by atomic mass is 32.2. The molecule has 1 aromatic heterocycles. The van der Waals surface area contributed by atoms with Crippen molar-refractivity contribution in [1.82, 2.24) is 4.57 Å². The van der Waals surface area contributed by atoms with Crippen molar-refractivity contribution in [3.63, 3.8) is 0 Å². The molecule has 0 spiro atoms. The number of carbonyl (C=O) groups is 1. The molecule has 4 nitrogen and oxygen atoms in total. The number of benzene rings is 1. The van der Waals surface area contributed by atoms with Gasteiger partial charge in [0.05, 0.1) is 17.8 Å². The fourth-order valence-corrected chi connectivity index (χ4v) is 3.45. The van der Waals surface area contributed by atoms with Crippen molar-refractivity contribution in [3.8, 4) is 5.75 Å². The van der Waals surface area contributed by atoms with Crippen molar-refractivity contribution >= 4 is 34.7 Å². The molecule has 2 heterocycles. The standard InChI is InChI=1S/C15H15NO3S/c1-2-19-14(18)9-16-12-6-5-10(17)8-11(12)15-13(16)4-3-7-20-15/h3-6,8,17H,2,7,9H2,1H3. The number of phenols is 1. The molecule has 0 atom stereocenters. The van der Waals surface area contributed by atoms with Gasteiger partial charge in [0.2, 0.25) is 0 Å². The molecule has 1 aliphatic heterocycles. The summed E-state index contributed by atoms with van der Waals surface area (Å²) < 4.78 is 6.99. The maximum absolute atomic E-state index is 11.8. The number of rotatable bonds is 3. The van der Waals surface area contributed by atoms with E-state index in [-0.39, 0.29) is 18.3 Å². The normalized spacial score (nSPS) is 13.4. The summed E-state index contributed by atoms with van der Waals surface area (Å²) >= 11 is 1.72. The largest absolute Gasteiger partial charge is 0.508 e. The van der Waals surface area contributed by atoms with Crippen molar-refractivity contribution in [2.24, 2.45) is 0 Å². The van der Waals surface area contributed by atoms with Gasteiger partial charge in [-0.25, -0.2) is 0 Å². The van der Waals surface area contributed by atoms with Crippen molar-refractivity contribution < 1.29 is 14.6 Å². The molecule has 0 saturated carbocycles. The summed E-state index contributed by atoms with van der Waals surface area (Å²) in [6, 6.07) is 5.24. The quantitative estimate of drug-likeness (QED) is 0.882. The van der Waals surface area contributed by atoms with Gasteiger partial charge in [-0.3, -0.25) is 4.79 Å². The SMILES string of the molecule is CCOC(=O)Cn1c2c(c3cc(O)ccc31)SCC=C2. The number of aromatic nitrogens is 1. The molecule has 0 radical (unpaired) electrons. The van der Waals surface area contributed by atoms with Crippen molar-refractivity contribution in [3.05, 3.63) is 30.0 Å². The highest BCUT2D eigenvalue weighted by molar-refractivity contribution is 7.99. The average Bonchev–Trinajstić information content (AvgIpc) is 2.74. The van der Waals surface area contributed by atoms with Crippen molar-refractivity contribution in [1.29, 1.82) is 0 Å². The molecule has 1 N–H and O–H groups in total. The molecule has 104 valence electrons. The second-order valence-electron chi connectivity index (χ2n) is 4.52. The molecular weight excluding hydrogens is 274 g/mol. The van der Waals surface area contributed by atoms with Crippen molar-refractivity contribution in [2.45, 2.75) is 18.4 Å². The van der Waals surface area contributed by atoms with Gasteiger partial charge in [-0.05, 0) is 31.2 Å². The highest BCUT2D eigenvalue weighted by Gasteiger charge is 2.20. The molecular formula is C15H15NO3S. The predicted octanol–water partition coefficient (Wildman–Crippen LogP) is 3.03. The fraction of sp³-hybridized carbons (Fsp3) is 0.267. The Morgan fingerprint density at radius 2 is 2.35 bits per heavy atom. The van der Waals surface area contributed by atoms with Crippen LogP contribution in [0.4, 0.5) is 0 Å². The van der Waals surface area contributed by atoms with E-state index < -0.39 is 0 Å². The number of carbonyl (C=O) groups excluding carboxylic acids is 1. The van der Waals surface area contributed by atoms with E-state index >= 15 is 0 Å². The van der Waals surface area contributed by atoms with E-state index in [1.165, 1.54) is 0 Å². The number of thioether (sulfide) groups is 1. The van der Waals surface area contributed by atoms with Gasteiger partial charge in [-0.1, -0.05) is 6.08 Å². The number of fused-ring (bicyclic) bond motifs is 3. The van der Waals surface area contributed by atoms with Gasteiger partial charge < -0.3 is 14.4 Å². The molecule has 1 aromatic carbocycles. The summed E-state index contributed by atoms with van der Waals surface area (Å²) in [6.45, 7) is 2.37. The zero-order valence-corrected chi connectivity index (χ0v) is 11.9. The van der Waals surface area contributed by atoms with Gasteiger partial charge >= 0.3 is 5.97 Å². The van der Waals surface area contributed by atoms with Crippen molar-refractivity contribution in [2.75, 3.05) is 12.4 Å². The van der Waals surface area contributed by atoms with E-state index in [9.17, 15) is 9.90 Å². The van der Waals surface area contributed by atoms with Gasteiger partial charge in [-0.15, -0.1) is 11.8 Å². The number of nitrogens with zero attached hydrogens (tertiary/aromatic N) is 1. The fourth-order valence-electron chi connectivity index (χ4n) is 2.45. The summed E-state index contributed by atoms with van der Waals surface area (Å²) in [5.41, 5.74) is 1.95. The Labute approximate surface area is 121 Å². The minimum Gasteiger partial charge on any atom is -0.508 e. The van der Waals surface area contributed by atoms with E-state index in [0.29, 0.717) is 6.61 Å². The minimum atomic E-state index is -0.246. The summed E-state index contributed by atoms with van der Waals surface area (Å²) in [6.07, 6.45) is 4.11. The number of hydrogen-bond acceptors (Lipinski definition) is 4. The summed E-state index contributed by atoms with van der Waals surface area (Å²) in [7, 11) is 0. The van der Waals surface area contributed by atoms with Crippen LogP contribution in [0.25, 0.3) is 17.0 Å². The molecule has 0 bridgehead atoms. The van der Waals surface area contributed by atoms with Crippen LogP contribution in [0.5, 0.6) is 5.75 Å². The lowest BCUT2D eigenvalue weighted by Gasteiger charge is -2.10. The van der Waals surface area contributed by atoms with Gasteiger partial charge in [-0.2, -0.15) is 0 Å². The smallest absolute Gasteiger partial charge is 0.325 e. The second kappa shape index (κ2) is 5.25. The molecule has 0 aliphatic carbocycles. The lowest BCUT2D eigenvalue weighted by atomic mass is 10.2. The van der Waals surface area contributed by atoms with Gasteiger partial charge in [0.25, 0.3) is 0 Å². The Kier molecular flexibility index (Phi) is 3.44. The van der Waals surface area contributed by atoms with Crippen LogP contribution >= 0.6 is 11.8 Å². The zero-order valence-electron chi connectivity index (χ0n) is 11.1. The van der Waals surface area contributed by atoms with Crippen LogP contribution in [0.15, 0.2) is 29.2 Å². The number of phenolic OH excluding ortho intramolecular Hbond substituents is 1. The van der Waals surface area contributed by atoms with E-state index in [1.54, 1.807) is 30.8 Å². The van der Waals surface area contributed by atoms with Gasteiger partial charge in [0, 0.05) is 16.0 Å². The molecule has 3 rings (SSSR count). The van der Waals surface area contributed by atoms with Crippen LogP contribution in [0, 0.1) is 0 Å². The Hall–Kier alpha value is -1.88. The maximum Gasteiger partial charge on any atom is 0.325 e. The van der Waals surface area contributed by atoms with Crippen LogP contribution < -0.4 is 0 Å². The Bertz CT molecular complexity index is 703. The van der Waals surface area contributed by atoms with Gasteiger partial charge in [0.15, 0.2) is 0 Å². The predicted molar refractivity (Wildman–Crippen MR) is 80.0 cm³/mol. The Balaban J connectivity index is 2.15. The first-order valence-electron chi connectivity index (χ1n) is 6.51. The molecule has 0 fully saturated rings. The molecule has 20 heavy (non-hydrogen) atoms. The van der Waals surface area contributed by atoms with Crippen LogP contribution in [0.3, 0.4) is 0 Å². The summed E-state index contributed by atoms with van der Waals surface area (Å²) in [5, 5.41) is 10.7. The zero-order chi connectivity index (χ0) is 14.1. The minimum absolute atomic E-state index is 0.190. The van der Waals surface area contributed by atoms with E-state index in [4.69, 9.17) is 4.74 Å². The maximum atomic E-state index is 11.8. The number of ether oxygens (including phenoxy) is 1. The van der Waals surface area contributed by atoms with Crippen LogP contribution in [-0.2, 0) is 16.1 Å². The topological polar surface area (TPSA) is 51.5 Å². The monoisotopic (exact) mass is 289 g/mol. The molecule has 0 unspecified atom stereocenters. The number of esters is 1. The van der Waals surface area contributed by atoms with Crippen LogP contribution in [0.2, 0.25) is 0 Å². The first-order chi connectivity index (χ1) is 9.70. The average molecular weight is 289 g/mol. The third kappa shape index (κ3) is 2.18. The molecule has 0 amide bonds. The highest BCUT2D eigenvalue weighted by Crippen LogP contribution is 2.39. The second-order valence-corrected chi connectivity index (χ2v) is 5.55. The van der Waals surface area contributed by atoms with E-state index in [2.05, 4.69) is 6.08 Å². The van der Waals surface area contributed by atoms with E-state index in [0.717, 1.165) is 27.2 Å².